The maximum absolute atomic E-state index is 5.21. The van der Waals surface area contributed by atoms with Gasteiger partial charge in [-0.1, -0.05) is 109 Å². The summed E-state index contributed by atoms with van der Waals surface area (Å²) in [5.74, 6) is 0.295. The Morgan fingerprint density at radius 2 is 1.31 bits per heavy atom. The van der Waals surface area contributed by atoms with Gasteiger partial charge < -0.3 is 0 Å². The molecule has 1 aliphatic rings. The molecule has 0 radical (unpaired) electrons. The lowest BCUT2D eigenvalue weighted by atomic mass is 9.84. The number of nitrogens with zero attached hydrogens (tertiary/aromatic N) is 2. The highest BCUT2D eigenvalue weighted by Gasteiger charge is 2.24. The van der Waals surface area contributed by atoms with Gasteiger partial charge in [-0.2, -0.15) is 0 Å². The smallest absolute Gasteiger partial charge is 0.146 e. The number of aromatic nitrogens is 2. The average molecular weight is 497 g/mol. The van der Waals surface area contributed by atoms with E-state index in [0.29, 0.717) is 5.92 Å². The van der Waals surface area contributed by atoms with Crippen LogP contribution >= 0.6 is 0 Å². The van der Waals surface area contributed by atoms with Crippen molar-refractivity contribution in [3.8, 4) is 0 Å². The van der Waals surface area contributed by atoms with E-state index in [1.807, 2.05) is 0 Å². The van der Waals surface area contributed by atoms with Crippen molar-refractivity contribution >= 4 is 65.8 Å². The van der Waals surface area contributed by atoms with Gasteiger partial charge >= 0.3 is 0 Å². The molecule has 0 N–H and O–H groups in total. The highest BCUT2D eigenvalue weighted by Crippen LogP contribution is 2.40. The molecule has 8 aromatic rings. The van der Waals surface area contributed by atoms with Gasteiger partial charge in [-0.3, -0.25) is 4.40 Å². The van der Waals surface area contributed by atoms with E-state index in [2.05, 4.69) is 132 Å². The third-order valence-corrected chi connectivity index (χ3v) is 8.69. The van der Waals surface area contributed by atoms with Crippen LogP contribution < -0.4 is 0 Å². The molecule has 0 spiro atoms. The summed E-state index contributed by atoms with van der Waals surface area (Å²) in [5.41, 5.74) is 7.29. The molecule has 39 heavy (non-hydrogen) atoms. The van der Waals surface area contributed by atoms with Crippen LogP contribution in [0.3, 0.4) is 0 Å². The molecule has 0 aliphatic heterocycles. The molecule has 2 aromatic heterocycles. The van der Waals surface area contributed by atoms with Gasteiger partial charge in [0.05, 0.1) is 11.0 Å². The number of para-hydroxylation sites is 2. The van der Waals surface area contributed by atoms with E-state index in [0.717, 1.165) is 17.6 Å². The zero-order valence-corrected chi connectivity index (χ0v) is 21.3. The number of pyridine rings is 1. The van der Waals surface area contributed by atoms with Crippen molar-refractivity contribution in [3.63, 3.8) is 0 Å². The monoisotopic (exact) mass is 496 g/mol. The number of rotatable bonds is 1. The maximum atomic E-state index is 5.21. The van der Waals surface area contributed by atoms with Gasteiger partial charge in [0.2, 0.25) is 0 Å². The van der Waals surface area contributed by atoms with Crippen molar-refractivity contribution in [1.82, 2.24) is 9.38 Å². The van der Waals surface area contributed by atoms with Crippen LogP contribution in [0.15, 0.2) is 121 Å². The molecule has 6 aromatic carbocycles. The van der Waals surface area contributed by atoms with Crippen molar-refractivity contribution in [2.45, 2.75) is 12.3 Å². The average Bonchev–Trinajstić information content (AvgIpc) is 3.40. The first-order valence-electron chi connectivity index (χ1n) is 13.7. The summed E-state index contributed by atoms with van der Waals surface area (Å²) in [4.78, 5) is 5.21. The van der Waals surface area contributed by atoms with E-state index in [4.69, 9.17) is 4.98 Å². The van der Waals surface area contributed by atoms with Gasteiger partial charge in [0.25, 0.3) is 0 Å². The first-order valence-corrected chi connectivity index (χ1v) is 13.7. The van der Waals surface area contributed by atoms with Gasteiger partial charge in [0.15, 0.2) is 0 Å². The van der Waals surface area contributed by atoms with Crippen molar-refractivity contribution in [2.24, 2.45) is 0 Å². The minimum atomic E-state index is 0.295. The predicted molar refractivity (Wildman–Crippen MR) is 165 cm³/mol. The highest BCUT2D eigenvalue weighted by atomic mass is 15.0. The fraction of sp³-hybridized carbons (Fsp3) is 0.0541. The van der Waals surface area contributed by atoms with Gasteiger partial charge in [-0.25, -0.2) is 4.98 Å². The predicted octanol–water partition coefficient (Wildman–Crippen LogP) is 9.45. The molecule has 0 saturated heterocycles. The van der Waals surface area contributed by atoms with Crippen LogP contribution in [0.4, 0.5) is 0 Å². The molecule has 2 heterocycles. The van der Waals surface area contributed by atoms with E-state index in [1.165, 1.54) is 65.4 Å². The first-order chi connectivity index (χ1) is 19.3. The molecule has 9 rings (SSSR count). The minimum Gasteiger partial charge on any atom is -0.295 e. The van der Waals surface area contributed by atoms with Crippen LogP contribution in [-0.4, -0.2) is 9.38 Å². The highest BCUT2D eigenvalue weighted by molar-refractivity contribution is 6.17. The minimum absolute atomic E-state index is 0.295. The van der Waals surface area contributed by atoms with Crippen molar-refractivity contribution < 1.29 is 0 Å². The normalized spacial score (nSPS) is 15.2. The van der Waals surface area contributed by atoms with E-state index in [-0.39, 0.29) is 0 Å². The number of imidazole rings is 1. The Hall–Kier alpha value is -4.95. The zero-order valence-electron chi connectivity index (χ0n) is 21.3. The van der Waals surface area contributed by atoms with Crippen molar-refractivity contribution in [2.75, 3.05) is 0 Å². The molecule has 0 amide bonds. The van der Waals surface area contributed by atoms with E-state index >= 15 is 0 Å². The number of hydrogen-bond donors (Lipinski definition) is 0. The lowest BCUT2D eigenvalue weighted by molar-refractivity contribution is 0.794. The first kappa shape index (κ1) is 21.0. The van der Waals surface area contributed by atoms with Crippen LogP contribution in [0, 0.1) is 0 Å². The van der Waals surface area contributed by atoms with Gasteiger partial charge in [-0.15, -0.1) is 0 Å². The van der Waals surface area contributed by atoms with Gasteiger partial charge in [-0.05, 0) is 67.9 Å². The quantitative estimate of drug-likeness (QED) is 0.207. The standard InChI is InChI=1S/C37H24N2/c1-3-9-28-23(7-1)13-14-25-15-16-26(21-32(25)28)27-18-19-30-31-20-17-24-8-2-4-10-29(24)36(31)37-38-33-11-5-6-12-34(33)39(37)35(30)22-27/h1-21,27H,22H2. The molecule has 1 aliphatic carbocycles. The summed E-state index contributed by atoms with van der Waals surface area (Å²) >= 11 is 0. The second kappa shape index (κ2) is 7.78. The largest absolute Gasteiger partial charge is 0.295 e. The van der Waals surface area contributed by atoms with E-state index < -0.39 is 0 Å². The second-order valence-electron chi connectivity index (χ2n) is 10.8. The molecule has 0 fully saturated rings. The SMILES string of the molecule is C1=CC(c2ccc3ccc4ccccc4c3c2)Cc2c1c1ccc3ccccc3c1c1nc3ccccc3n21. The molecular formula is C37H24N2. The fourth-order valence-electron chi connectivity index (χ4n) is 6.83. The van der Waals surface area contributed by atoms with Crippen LogP contribution in [0.2, 0.25) is 0 Å². The summed E-state index contributed by atoms with van der Waals surface area (Å²) in [6, 6.07) is 42.0. The Morgan fingerprint density at radius 3 is 2.21 bits per heavy atom. The Bertz CT molecular complexity index is 2320. The number of hydrogen-bond acceptors (Lipinski definition) is 1. The third kappa shape index (κ3) is 2.94. The summed E-state index contributed by atoms with van der Waals surface area (Å²) in [6.07, 6.45) is 5.71. The second-order valence-corrected chi connectivity index (χ2v) is 10.8. The lowest BCUT2D eigenvalue weighted by Gasteiger charge is -2.24. The Labute approximate surface area is 225 Å². The number of allylic oxidation sites excluding steroid dienone is 1. The molecular weight excluding hydrogens is 472 g/mol. The van der Waals surface area contributed by atoms with Crippen molar-refractivity contribution in [3.05, 3.63) is 138 Å². The molecule has 0 saturated carbocycles. The van der Waals surface area contributed by atoms with Gasteiger partial charge in [0.1, 0.15) is 5.65 Å². The van der Waals surface area contributed by atoms with Crippen LogP contribution in [0.1, 0.15) is 22.7 Å². The maximum Gasteiger partial charge on any atom is 0.146 e. The third-order valence-electron chi connectivity index (χ3n) is 8.69. The molecule has 1 unspecified atom stereocenters. The Balaban J connectivity index is 1.32. The van der Waals surface area contributed by atoms with Gasteiger partial charge in [0, 0.05) is 22.6 Å². The molecule has 2 heteroatoms. The van der Waals surface area contributed by atoms with E-state index in [9.17, 15) is 0 Å². The topological polar surface area (TPSA) is 17.3 Å². The fourth-order valence-corrected chi connectivity index (χ4v) is 6.83. The summed E-state index contributed by atoms with van der Waals surface area (Å²) < 4.78 is 2.44. The lowest BCUT2D eigenvalue weighted by Crippen LogP contribution is -2.11. The van der Waals surface area contributed by atoms with E-state index in [1.54, 1.807) is 0 Å². The van der Waals surface area contributed by atoms with Crippen LogP contribution in [0.5, 0.6) is 0 Å². The number of benzene rings is 6. The van der Waals surface area contributed by atoms with Crippen LogP contribution in [0.25, 0.3) is 65.8 Å². The molecule has 2 nitrogen and oxygen atoms in total. The Morgan fingerprint density at radius 1 is 0.615 bits per heavy atom. The summed E-state index contributed by atoms with van der Waals surface area (Å²) in [5, 5.41) is 10.3. The van der Waals surface area contributed by atoms with Crippen molar-refractivity contribution in [1.29, 1.82) is 0 Å². The molecule has 1 atom stereocenters. The molecule has 182 valence electrons. The molecule has 0 bridgehead atoms. The van der Waals surface area contributed by atoms with Crippen LogP contribution in [-0.2, 0) is 6.42 Å². The summed E-state index contributed by atoms with van der Waals surface area (Å²) in [7, 11) is 0. The number of fused-ring (bicyclic) bond motifs is 13. The Kier molecular flexibility index (Phi) is 4.20. The zero-order chi connectivity index (χ0) is 25.5. The summed E-state index contributed by atoms with van der Waals surface area (Å²) in [6.45, 7) is 0.